The van der Waals surface area contributed by atoms with Gasteiger partial charge >= 0.3 is 11.9 Å². The number of nitrogens with zero attached hydrogens (tertiary/aromatic N) is 1. The van der Waals surface area contributed by atoms with Gasteiger partial charge < -0.3 is 14.6 Å². The number of benzene rings is 3. The molecule has 0 aliphatic rings. The summed E-state index contributed by atoms with van der Waals surface area (Å²) in [5.74, 6) is -0.552. The van der Waals surface area contributed by atoms with Gasteiger partial charge in [-0.25, -0.2) is 4.79 Å². The third-order valence-electron chi connectivity index (χ3n) is 6.95. The Morgan fingerprint density at radius 2 is 1.33 bits per heavy atom. The molecule has 1 N–H and O–H groups in total. The highest BCUT2D eigenvalue weighted by molar-refractivity contribution is 5.97. The van der Waals surface area contributed by atoms with Gasteiger partial charge in [-0.1, -0.05) is 89.8 Å². The average Bonchev–Trinajstić information content (AvgIpc) is 2.95. The molecule has 7 heteroatoms. The van der Waals surface area contributed by atoms with Crippen LogP contribution in [0, 0.1) is 0 Å². The minimum absolute atomic E-state index is 0.0239. The molecule has 0 unspecified atom stereocenters. The Balaban J connectivity index is 1.53. The SMILES string of the molecule is CCCCCCCOc1ccc(C(=O)Oc2ccc(CN(CC(=O)O)CC(=O)c3ccc(C(C)(C)C)cc3)cc2)cc1. The summed E-state index contributed by atoms with van der Waals surface area (Å²) in [5, 5.41) is 9.40. The second-order valence-electron chi connectivity index (χ2n) is 11.6. The topological polar surface area (TPSA) is 93.1 Å². The third kappa shape index (κ3) is 10.8. The summed E-state index contributed by atoms with van der Waals surface area (Å²) in [6, 6.07) is 21.2. The lowest BCUT2D eigenvalue weighted by Gasteiger charge is -2.21. The first kappa shape index (κ1) is 32.5. The molecule has 3 aromatic rings. The molecule has 0 saturated heterocycles. The fourth-order valence-electron chi connectivity index (χ4n) is 4.48. The second kappa shape index (κ2) is 15.9. The summed E-state index contributed by atoms with van der Waals surface area (Å²) in [6.07, 6.45) is 5.84. The van der Waals surface area contributed by atoms with E-state index in [2.05, 4.69) is 27.7 Å². The molecule has 0 amide bonds. The first-order valence-electron chi connectivity index (χ1n) is 14.7. The van der Waals surface area contributed by atoms with Crippen LogP contribution in [0.5, 0.6) is 11.5 Å². The van der Waals surface area contributed by atoms with Crippen molar-refractivity contribution in [1.29, 1.82) is 0 Å². The van der Waals surface area contributed by atoms with Crippen molar-refractivity contribution in [3.63, 3.8) is 0 Å². The van der Waals surface area contributed by atoms with Gasteiger partial charge in [0.15, 0.2) is 5.78 Å². The molecular formula is C35H43NO6. The molecule has 0 radical (unpaired) electrons. The van der Waals surface area contributed by atoms with Crippen LogP contribution in [0.1, 0.15) is 91.6 Å². The molecule has 3 aromatic carbocycles. The van der Waals surface area contributed by atoms with Crippen LogP contribution >= 0.6 is 0 Å². The van der Waals surface area contributed by atoms with Crippen LogP contribution in [0.3, 0.4) is 0 Å². The molecular weight excluding hydrogens is 530 g/mol. The van der Waals surface area contributed by atoms with Crippen molar-refractivity contribution >= 4 is 17.7 Å². The van der Waals surface area contributed by atoms with Gasteiger partial charge in [0.05, 0.1) is 25.3 Å². The van der Waals surface area contributed by atoms with E-state index >= 15 is 0 Å². The molecule has 0 aliphatic carbocycles. The van der Waals surface area contributed by atoms with Crippen LogP contribution in [0.25, 0.3) is 0 Å². The molecule has 0 saturated carbocycles. The maximum Gasteiger partial charge on any atom is 0.343 e. The summed E-state index contributed by atoms with van der Waals surface area (Å²) in [7, 11) is 0. The Morgan fingerprint density at radius 1 is 0.738 bits per heavy atom. The summed E-state index contributed by atoms with van der Waals surface area (Å²) in [4.78, 5) is 38.6. The highest BCUT2D eigenvalue weighted by Crippen LogP contribution is 2.23. The standard InChI is InChI=1S/C35H43NO6/c1-5-6-7-8-9-22-41-30-20-14-28(15-21-30)34(40)42-31-18-10-26(11-19-31)23-36(25-33(38)39)24-32(37)27-12-16-29(17-13-27)35(2,3)4/h10-21H,5-9,22-25H2,1-4H3,(H,38,39). The van der Waals surface area contributed by atoms with E-state index in [-0.39, 0.29) is 30.8 Å². The highest BCUT2D eigenvalue weighted by Gasteiger charge is 2.18. The zero-order valence-corrected chi connectivity index (χ0v) is 25.2. The van der Waals surface area contributed by atoms with Crippen molar-refractivity contribution in [2.24, 2.45) is 0 Å². The Hall–Kier alpha value is -3.97. The zero-order chi connectivity index (χ0) is 30.5. The van der Waals surface area contributed by atoms with Crippen LogP contribution in [-0.4, -0.2) is 47.4 Å². The quantitative estimate of drug-likeness (QED) is 0.0830. The first-order chi connectivity index (χ1) is 20.0. The number of hydrogen-bond acceptors (Lipinski definition) is 6. The van der Waals surface area contributed by atoms with Gasteiger partial charge in [-0.15, -0.1) is 0 Å². The third-order valence-corrected chi connectivity index (χ3v) is 6.95. The van der Waals surface area contributed by atoms with Crippen molar-refractivity contribution in [2.75, 3.05) is 19.7 Å². The molecule has 0 atom stereocenters. The fraction of sp³-hybridized carbons (Fsp3) is 0.400. The normalized spacial score (nSPS) is 11.4. The van der Waals surface area contributed by atoms with Gasteiger partial charge in [0.2, 0.25) is 0 Å². The van der Waals surface area contributed by atoms with Gasteiger partial charge in [0.1, 0.15) is 11.5 Å². The number of carbonyl (C=O) groups is 3. The molecule has 0 aliphatic heterocycles. The van der Waals surface area contributed by atoms with Crippen LogP contribution in [0.15, 0.2) is 72.8 Å². The lowest BCUT2D eigenvalue weighted by molar-refractivity contribution is -0.138. The number of Topliss-reactive ketones (excluding diaryl/α,β-unsaturated/α-hetero) is 1. The molecule has 0 fully saturated rings. The number of carboxylic acids is 1. The van der Waals surface area contributed by atoms with Gasteiger partial charge in [-0.05, 0) is 59.4 Å². The van der Waals surface area contributed by atoms with Gasteiger partial charge in [-0.3, -0.25) is 14.5 Å². The number of unbranched alkanes of at least 4 members (excludes halogenated alkanes) is 4. The largest absolute Gasteiger partial charge is 0.494 e. The summed E-state index contributed by atoms with van der Waals surface area (Å²) < 4.78 is 11.3. The Labute approximate surface area is 249 Å². The Bertz CT molecular complexity index is 1290. The molecule has 0 aromatic heterocycles. The number of carboxylic acid groups (broad SMARTS) is 1. The van der Waals surface area contributed by atoms with Gasteiger partial charge in [-0.2, -0.15) is 0 Å². The summed E-state index contributed by atoms with van der Waals surface area (Å²) >= 11 is 0. The minimum Gasteiger partial charge on any atom is -0.494 e. The lowest BCUT2D eigenvalue weighted by Crippen LogP contribution is -2.34. The predicted molar refractivity (Wildman–Crippen MR) is 164 cm³/mol. The lowest BCUT2D eigenvalue weighted by atomic mass is 9.86. The Morgan fingerprint density at radius 3 is 1.93 bits per heavy atom. The smallest absolute Gasteiger partial charge is 0.343 e. The number of ketones is 1. The number of ether oxygens (including phenoxy) is 2. The molecule has 224 valence electrons. The Kier molecular flexibility index (Phi) is 12.3. The average molecular weight is 574 g/mol. The van der Waals surface area contributed by atoms with E-state index in [0.717, 1.165) is 29.7 Å². The number of rotatable bonds is 16. The van der Waals surface area contributed by atoms with E-state index in [0.29, 0.717) is 23.5 Å². The van der Waals surface area contributed by atoms with Crippen molar-refractivity contribution in [2.45, 2.75) is 71.8 Å². The van der Waals surface area contributed by atoms with Crippen molar-refractivity contribution in [1.82, 2.24) is 4.90 Å². The summed E-state index contributed by atoms with van der Waals surface area (Å²) in [6.45, 7) is 9.11. The van der Waals surface area contributed by atoms with Crippen LogP contribution in [-0.2, 0) is 16.8 Å². The monoisotopic (exact) mass is 573 g/mol. The molecule has 3 rings (SSSR count). The molecule has 0 spiro atoms. The van der Waals surface area contributed by atoms with Crippen molar-refractivity contribution in [3.8, 4) is 11.5 Å². The zero-order valence-electron chi connectivity index (χ0n) is 25.2. The van der Waals surface area contributed by atoms with E-state index < -0.39 is 11.9 Å². The van der Waals surface area contributed by atoms with Crippen LogP contribution in [0.4, 0.5) is 0 Å². The van der Waals surface area contributed by atoms with E-state index in [1.807, 2.05) is 12.1 Å². The first-order valence-corrected chi connectivity index (χ1v) is 14.7. The number of esters is 1. The number of aliphatic carboxylic acids is 1. The van der Waals surface area contributed by atoms with E-state index in [9.17, 15) is 19.5 Å². The molecule has 0 bridgehead atoms. The van der Waals surface area contributed by atoms with Gasteiger partial charge in [0, 0.05) is 12.1 Å². The molecule has 42 heavy (non-hydrogen) atoms. The summed E-state index contributed by atoms with van der Waals surface area (Å²) in [5.41, 5.74) is 2.85. The predicted octanol–water partition coefficient (Wildman–Crippen LogP) is 7.32. The fourth-order valence-corrected chi connectivity index (χ4v) is 4.48. The van der Waals surface area contributed by atoms with Crippen LogP contribution in [0.2, 0.25) is 0 Å². The number of carbonyl (C=O) groups excluding carboxylic acids is 2. The number of hydrogen-bond donors (Lipinski definition) is 1. The van der Waals surface area contributed by atoms with Crippen molar-refractivity contribution < 1.29 is 29.0 Å². The van der Waals surface area contributed by atoms with Gasteiger partial charge in [0.25, 0.3) is 0 Å². The van der Waals surface area contributed by atoms with E-state index in [1.54, 1.807) is 65.6 Å². The van der Waals surface area contributed by atoms with Crippen molar-refractivity contribution in [3.05, 3.63) is 95.1 Å². The maximum absolute atomic E-state index is 12.9. The highest BCUT2D eigenvalue weighted by atomic mass is 16.5. The van der Waals surface area contributed by atoms with Crippen LogP contribution < -0.4 is 9.47 Å². The minimum atomic E-state index is -1.01. The molecule has 0 heterocycles. The second-order valence-corrected chi connectivity index (χ2v) is 11.6. The van der Waals surface area contributed by atoms with E-state index in [1.165, 1.54) is 19.3 Å². The van der Waals surface area contributed by atoms with E-state index in [4.69, 9.17) is 9.47 Å². The maximum atomic E-state index is 12.9. The molecule has 7 nitrogen and oxygen atoms in total.